The number of ketones is 2. The predicted octanol–water partition coefficient (Wildman–Crippen LogP) is 6.11. The highest BCUT2D eigenvalue weighted by molar-refractivity contribution is 7.19. The van der Waals surface area contributed by atoms with E-state index in [1.54, 1.807) is 6.08 Å². The summed E-state index contributed by atoms with van der Waals surface area (Å²) in [7, 11) is 0. The number of allylic oxidation sites excluding steroid dienone is 1. The number of hydrogen-bond donors (Lipinski definition) is 1. The Morgan fingerprint density at radius 3 is 2.21 bits per heavy atom. The van der Waals surface area contributed by atoms with Crippen molar-refractivity contribution in [3.63, 3.8) is 0 Å². The number of hydrogen-bond acceptors (Lipinski definition) is 4. The molecule has 6 rings (SSSR count). The fraction of sp³-hybridized carbons (Fsp3) is 0. The van der Waals surface area contributed by atoms with E-state index in [9.17, 15) is 9.59 Å². The first-order valence-corrected chi connectivity index (χ1v) is 10.00. The lowest BCUT2D eigenvalue weighted by atomic mass is 10.0. The summed E-state index contributed by atoms with van der Waals surface area (Å²) < 4.78 is 6.88. The number of fused-ring (bicyclic) bond motifs is 3. The van der Waals surface area contributed by atoms with Gasteiger partial charge in [0.05, 0.1) is 16.0 Å². The molecule has 1 N–H and O–H groups in total. The van der Waals surface area contributed by atoms with Crippen molar-refractivity contribution in [2.75, 3.05) is 0 Å². The Morgan fingerprint density at radius 1 is 0.862 bits per heavy atom. The average molecular weight is 395 g/mol. The third kappa shape index (κ3) is 2.45. The molecule has 2 aromatic carbocycles. The maximum atomic E-state index is 12.9. The van der Waals surface area contributed by atoms with Gasteiger partial charge in [0.25, 0.3) is 0 Å². The first-order chi connectivity index (χ1) is 14.2. The molecule has 0 amide bonds. The maximum absolute atomic E-state index is 12.9. The first kappa shape index (κ1) is 16.3. The third-order valence-corrected chi connectivity index (χ3v) is 6.25. The molecule has 5 heteroatoms. The highest BCUT2D eigenvalue weighted by Crippen LogP contribution is 2.36. The minimum atomic E-state index is -0.215. The van der Waals surface area contributed by atoms with Gasteiger partial charge in [0.15, 0.2) is 17.3 Å². The molecular weight excluding hydrogens is 382 g/mol. The van der Waals surface area contributed by atoms with Crippen molar-refractivity contribution >= 4 is 50.0 Å². The van der Waals surface area contributed by atoms with Crippen LogP contribution in [0, 0.1) is 0 Å². The molecule has 3 aromatic heterocycles. The predicted molar refractivity (Wildman–Crippen MR) is 114 cm³/mol. The van der Waals surface area contributed by atoms with E-state index >= 15 is 0 Å². The van der Waals surface area contributed by atoms with Crippen molar-refractivity contribution in [1.82, 2.24) is 4.98 Å². The molecule has 1 aliphatic carbocycles. The lowest BCUT2D eigenvalue weighted by Crippen LogP contribution is -1.99. The lowest BCUT2D eigenvalue weighted by molar-refractivity contribution is 0.0990. The molecule has 138 valence electrons. The molecule has 0 spiro atoms. The molecule has 29 heavy (non-hydrogen) atoms. The first-order valence-electron chi connectivity index (χ1n) is 9.18. The van der Waals surface area contributed by atoms with Gasteiger partial charge in [-0.3, -0.25) is 9.59 Å². The Bertz CT molecular complexity index is 1390. The Labute approximate surface area is 169 Å². The van der Waals surface area contributed by atoms with Crippen LogP contribution in [0.25, 0.3) is 38.6 Å². The Kier molecular flexibility index (Phi) is 3.31. The number of Topliss-reactive ketones (excluding diaryl/α,β-unsaturated/α-hetero) is 2. The summed E-state index contributed by atoms with van der Waals surface area (Å²) in [6.45, 7) is 0. The number of thiophene rings is 1. The van der Waals surface area contributed by atoms with Gasteiger partial charge in [-0.2, -0.15) is 0 Å². The van der Waals surface area contributed by atoms with Gasteiger partial charge in [-0.05, 0) is 47.2 Å². The van der Waals surface area contributed by atoms with Crippen LogP contribution >= 0.6 is 11.3 Å². The van der Waals surface area contributed by atoms with E-state index in [-0.39, 0.29) is 17.1 Å². The lowest BCUT2D eigenvalue weighted by Gasteiger charge is -2.00. The molecule has 0 bridgehead atoms. The molecule has 0 fully saturated rings. The van der Waals surface area contributed by atoms with Gasteiger partial charge in [-0.15, -0.1) is 11.3 Å². The van der Waals surface area contributed by atoms with E-state index in [4.69, 9.17) is 4.42 Å². The Morgan fingerprint density at radius 2 is 1.59 bits per heavy atom. The molecule has 5 aromatic rings. The van der Waals surface area contributed by atoms with Gasteiger partial charge in [0.1, 0.15) is 5.58 Å². The number of nitrogens with one attached hydrogen (secondary N) is 1. The van der Waals surface area contributed by atoms with Crippen LogP contribution < -0.4 is 0 Å². The van der Waals surface area contributed by atoms with Gasteiger partial charge in [-0.25, -0.2) is 0 Å². The molecule has 0 radical (unpaired) electrons. The molecule has 0 aliphatic heterocycles. The van der Waals surface area contributed by atoms with Crippen LogP contribution in [0.2, 0.25) is 0 Å². The second kappa shape index (κ2) is 5.90. The van der Waals surface area contributed by atoms with E-state index in [0.29, 0.717) is 11.1 Å². The van der Waals surface area contributed by atoms with E-state index in [2.05, 4.69) is 4.98 Å². The average Bonchev–Trinajstić information content (AvgIpc) is 3.48. The Hall–Kier alpha value is -3.70. The number of H-pyrrole nitrogens is 1. The summed E-state index contributed by atoms with van der Waals surface area (Å²) in [5.74, 6) is 0.336. The largest absolute Gasteiger partial charge is 0.454 e. The minimum Gasteiger partial charge on any atom is -0.454 e. The summed E-state index contributed by atoms with van der Waals surface area (Å²) in [6.07, 6.45) is 3.53. The smallest absolute Gasteiger partial charge is 0.197 e. The van der Waals surface area contributed by atoms with E-state index < -0.39 is 0 Å². The maximum Gasteiger partial charge on any atom is 0.197 e. The zero-order valence-corrected chi connectivity index (χ0v) is 15.9. The zero-order chi connectivity index (χ0) is 19.5. The third-order valence-electron chi connectivity index (χ3n) is 5.24. The second-order valence-electron chi connectivity index (χ2n) is 7.03. The summed E-state index contributed by atoms with van der Waals surface area (Å²) in [6, 6.07) is 19.1. The SMILES string of the molecule is O=C1C(=Cc2cc3oc(-c4ccc[nH]4)cc3s2)C(=O)c2cc3ccccc3cc21. The number of carbonyl (C=O) groups is 2. The summed E-state index contributed by atoms with van der Waals surface area (Å²) in [5, 5.41) is 1.92. The molecule has 0 atom stereocenters. The monoisotopic (exact) mass is 395 g/mol. The topological polar surface area (TPSA) is 63.1 Å². The van der Waals surface area contributed by atoms with Crippen LogP contribution in [0.4, 0.5) is 0 Å². The standard InChI is InChI=1S/C24H13NO3S/c26-23-16-8-13-4-1-2-5-14(13)9-17(16)24(27)18(23)10-15-11-21-22(29-15)12-20(28-21)19-6-3-7-25-19/h1-12,25H. The molecule has 4 nitrogen and oxygen atoms in total. The van der Waals surface area contributed by atoms with Crippen molar-refractivity contribution in [1.29, 1.82) is 0 Å². The van der Waals surface area contributed by atoms with Crippen molar-refractivity contribution in [3.05, 3.63) is 88.4 Å². The van der Waals surface area contributed by atoms with Crippen LogP contribution in [0.15, 0.2) is 76.9 Å². The minimum absolute atomic E-state index is 0.212. The fourth-order valence-corrected chi connectivity index (χ4v) is 4.79. The normalized spacial score (nSPS) is 13.6. The van der Waals surface area contributed by atoms with Crippen molar-refractivity contribution < 1.29 is 14.0 Å². The molecule has 1 aliphatic rings. The number of rotatable bonds is 2. The van der Waals surface area contributed by atoms with Crippen molar-refractivity contribution in [2.45, 2.75) is 0 Å². The molecule has 3 heterocycles. The van der Waals surface area contributed by atoms with Gasteiger partial charge in [0, 0.05) is 28.3 Å². The van der Waals surface area contributed by atoms with Gasteiger partial charge < -0.3 is 9.40 Å². The quantitative estimate of drug-likeness (QED) is 0.290. The molecular formula is C24H13NO3S. The van der Waals surface area contributed by atoms with E-state index in [0.717, 1.165) is 37.4 Å². The van der Waals surface area contributed by atoms with Crippen LogP contribution in [-0.4, -0.2) is 16.6 Å². The van der Waals surface area contributed by atoms with Gasteiger partial charge in [-0.1, -0.05) is 24.3 Å². The van der Waals surface area contributed by atoms with Crippen molar-refractivity contribution in [3.8, 4) is 11.5 Å². The van der Waals surface area contributed by atoms with Crippen LogP contribution in [-0.2, 0) is 0 Å². The highest BCUT2D eigenvalue weighted by atomic mass is 32.1. The van der Waals surface area contributed by atoms with E-state index in [1.807, 2.05) is 66.9 Å². The summed E-state index contributed by atoms with van der Waals surface area (Å²) in [4.78, 5) is 29.8. The highest BCUT2D eigenvalue weighted by Gasteiger charge is 2.33. The van der Waals surface area contributed by atoms with Gasteiger partial charge >= 0.3 is 0 Å². The van der Waals surface area contributed by atoms with E-state index in [1.165, 1.54) is 11.3 Å². The van der Waals surface area contributed by atoms with Crippen LogP contribution in [0.5, 0.6) is 0 Å². The van der Waals surface area contributed by atoms with Gasteiger partial charge in [0.2, 0.25) is 0 Å². The molecule has 0 saturated carbocycles. The number of aromatic nitrogens is 1. The van der Waals surface area contributed by atoms with Crippen molar-refractivity contribution in [2.24, 2.45) is 0 Å². The number of benzene rings is 2. The van der Waals surface area contributed by atoms with Crippen LogP contribution in [0.1, 0.15) is 25.6 Å². The second-order valence-corrected chi connectivity index (χ2v) is 8.15. The number of furan rings is 1. The number of carbonyl (C=O) groups excluding carboxylic acids is 2. The molecule has 0 unspecified atom stereocenters. The fourth-order valence-electron chi connectivity index (χ4n) is 3.82. The summed E-state index contributed by atoms with van der Waals surface area (Å²) >= 11 is 1.50. The number of aromatic amines is 1. The molecule has 0 saturated heterocycles. The summed E-state index contributed by atoms with van der Waals surface area (Å²) in [5.41, 5.74) is 2.83. The van der Waals surface area contributed by atoms with Crippen LogP contribution in [0.3, 0.4) is 0 Å². The Balaban J connectivity index is 1.41. The zero-order valence-electron chi connectivity index (χ0n) is 15.1.